The summed E-state index contributed by atoms with van der Waals surface area (Å²) in [5.41, 5.74) is 2.04. The number of amides is 2. The monoisotopic (exact) mass is 599 g/mol. The number of aryl methyl sites for hydroxylation is 1. The van der Waals surface area contributed by atoms with Crippen molar-refractivity contribution in [2.24, 2.45) is 5.92 Å². The van der Waals surface area contributed by atoms with Crippen LogP contribution >= 0.6 is 11.6 Å². The maximum atomic E-state index is 14.1. The first kappa shape index (κ1) is 32.0. The zero-order valence-electron chi connectivity index (χ0n) is 24.1. The fourth-order valence-corrected chi connectivity index (χ4v) is 5.78. The van der Waals surface area contributed by atoms with Crippen LogP contribution in [-0.2, 0) is 26.2 Å². The first-order valence-electron chi connectivity index (χ1n) is 13.6. The average molecular weight is 600 g/mol. The van der Waals surface area contributed by atoms with Crippen LogP contribution in [0.2, 0.25) is 5.02 Å². The van der Waals surface area contributed by atoms with Crippen molar-refractivity contribution in [2.75, 3.05) is 24.0 Å². The highest BCUT2D eigenvalue weighted by Crippen LogP contribution is 2.33. The molecule has 8 nitrogen and oxygen atoms in total. The molecule has 0 saturated carbocycles. The number of carbonyl (C=O) groups excluding carboxylic acids is 2. The second-order valence-electron chi connectivity index (χ2n) is 10.2. The molecule has 2 amide bonds. The van der Waals surface area contributed by atoms with Crippen molar-refractivity contribution in [1.82, 2.24) is 10.2 Å². The number of nitrogens with zero attached hydrogens (tertiary/aromatic N) is 2. The molecule has 10 heteroatoms. The first-order valence-corrected chi connectivity index (χ1v) is 15.4. The van der Waals surface area contributed by atoms with E-state index >= 15 is 0 Å². The Labute approximate surface area is 248 Å². The smallest absolute Gasteiger partial charge is 0.264 e. The lowest BCUT2D eigenvalue weighted by molar-refractivity contribution is -0.139. The molecule has 3 aromatic carbocycles. The van der Waals surface area contributed by atoms with E-state index in [1.807, 2.05) is 45.0 Å². The Kier molecular flexibility index (Phi) is 11.2. The maximum Gasteiger partial charge on any atom is 0.264 e. The van der Waals surface area contributed by atoms with Crippen molar-refractivity contribution in [2.45, 2.75) is 52.1 Å². The van der Waals surface area contributed by atoms with Gasteiger partial charge in [-0.1, -0.05) is 67.4 Å². The number of ether oxygens (including phenoxy) is 1. The van der Waals surface area contributed by atoms with E-state index < -0.39 is 28.5 Å². The van der Waals surface area contributed by atoms with Crippen molar-refractivity contribution >= 4 is 39.1 Å². The molecule has 0 saturated heterocycles. The number of carbonyl (C=O) groups is 2. The van der Waals surface area contributed by atoms with Crippen LogP contribution in [0.15, 0.2) is 77.7 Å². The summed E-state index contributed by atoms with van der Waals surface area (Å²) in [5, 5.41) is 3.27. The number of sulfonamides is 1. The largest absolute Gasteiger partial charge is 0.492 e. The number of nitrogens with one attached hydrogen (secondary N) is 1. The third kappa shape index (κ3) is 8.47. The van der Waals surface area contributed by atoms with Gasteiger partial charge in [-0.15, -0.1) is 0 Å². The van der Waals surface area contributed by atoms with Gasteiger partial charge >= 0.3 is 0 Å². The Morgan fingerprint density at radius 3 is 2.29 bits per heavy atom. The summed E-state index contributed by atoms with van der Waals surface area (Å²) < 4.78 is 34.8. The van der Waals surface area contributed by atoms with Crippen LogP contribution in [0.5, 0.6) is 5.75 Å². The molecule has 41 heavy (non-hydrogen) atoms. The molecule has 0 aliphatic heterocycles. The number of halogens is 1. The van der Waals surface area contributed by atoms with Crippen LogP contribution < -0.4 is 14.4 Å². The average Bonchev–Trinajstić information content (AvgIpc) is 2.93. The fourth-order valence-electron chi connectivity index (χ4n) is 4.23. The summed E-state index contributed by atoms with van der Waals surface area (Å²) in [5.74, 6) is -0.320. The van der Waals surface area contributed by atoms with Crippen LogP contribution in [0.4, 0.5) is 5.69 Å². The lowest BCUT2D eigenvalue weighted by atomic mass is 10.1. The fraction of sp³-hybridized carbons (Fsp3) is 0.355. The highest BCUT2D eigenvalue weighted by atomic mass is 35.5. The number of hydrogen-bond donors (Lipinski definition) is 1. The second-order valence-corrected chi connectivity index (χ2v) is 12.5. The molecule has 3 rings (SSSR count). The van der Waals surface area contributed by atoms with E-state index in [1.165, 1.54) is 29.2 Å². The third-order valence-electron chi connectivity index (χ3n) is 6.40. The summed E-state index contributed by atoms with van der Waals surface area (Å²) in [6, 6.07) is 19.2. The van der Waals surface area contributed by atoms with Crippen molar-refractivity contribution in [3.05, 3.63) is 88.9 Å². The van der Waals surface area contributed by atoms with Crippen LogP contribution in [-0.4, -0.2) is 50.9 Å². The summed E-state index contributed by atoms with van der Waals surface area (Å²) in [6.45, 7) is 9.67. The third-order valence-corrected chi connectivity index (χ3v) is 8.43. The highest BCUT2D eigenvalue weighted by molar-refractivity contribution is 7.92. The van der Waals surface area contributed by atoms with Crippen molar-refractivity contribution < 1.29 is 22.7 Å². The van der Waals surface area contributed by atoms with Crippen molar-refractivity contribution in [1.29, 1.82) is 0 Å². The summed E-state index contributed by atoms with van der Waals surface area (Å²) in [6.07, 6.45) is 0. The van der Waals surface area contributed by atoms with E-state index in [0.29, 0.717) is 23.9 Å². The van der Waals surface area contributed by atoms with Crippen LogP contribution in [0.3, 0.4) is 0 Å². The molecule has 0 aliphatic rings. The lowest BCUT2D eigenvalue weighted by Crippen LogP contribution is -2.51. The second kappa shape index (κ2) is 14.4. The van der Waals surface area contributed by atoms with Gasteiger partial charge in [0.2, 0.25) is 11.8 Å². The number of hydrogen-bond acceptors (Lipinski definition) is 5. The number of rotatable bonds is 13. The van der Waals surface area contributed by atoms with Gasteiger partial charge in [-0.2, -0.15) is 0 Å². The normalized spacial score (nSPS) is 12.1. The van der Waals surface area contributed by atoms with E-state index in [4.69, 9.17) is 16.3 Å². The Bertz CT molecular complexity index is 1440. The Balaban J connectivity index is 2.07. The van der Waals surface area contributed by atoms with E-state index in [9.17, 15) is 18.0 Å². The zero-order valence-corrected chi connectivity index (χ0v) is 25.7. The van der Waals surface area contributed by atoms with E-state index in [1.54, 1.807) is 38.1 Å². The molecule has 1 N–H and O–H groups in total. The number of anilines is 1. The predicted octanol–water partition coefficient (Wildman–Crippen LogP) is 5.43. The molecule has 0 aromatic heterocycles. The molecular weight excluding hydrogens is 562 g/mol. The first-order chi connectivity index (χ1) is 19.4. The molecular formula is C31H38ClN3O5S. The maximum absolute atomic E-state index is 14.1. The Morgan fingerprint density at radius 2 is 1.66 bits per heavy atom. The standard InChI is InChI=1S/C31H38ClN3O5S/c1-6-40-29-13-8-7-12-28(29)35(41(38,39)27-16-14-26(32)15-17-27)21-30(36)34(20-25-11-9-10-23(4)18-25)24(5)31(37)33-19-22(2)3/h7-18,22,24H,6,19-21H2,1-5H3,(H,33,37)/t24-/m0/s1. The van der Waals surface area contributed by atoms with Gasteiger partial charge in [0.25, 0.3) is 10.0 Å². The highest BCUT2D eigenvalue weighted by Gasteiger charge is 2.33. The lowest BCUT2D eigenvalue weighted by Gasteiger charge is -2.32. The number of benzene rings is 3. The molecule has 0 unspecified atom stereocenters. The molecule has 0 fully saturated rings. The summed E-state index contributed by atoms with van der Waals surface area (Å²) in [4.78, 5) is 28.6. The van der Waals surface area contributed by atoms with E-state index in [2.05, 4.69) is 5.32 Å². The minimum absolute atomic E-state index is 0.0334. The molecule has 0 heterocycles. The molecule has 220 valence electrons. The predicted molar refractivity (Wildman–Crippen MR) is 163 cm³/mol. The van der Waals surface area contributed by atoms with Gasteiger partial charge in [0.05, 0.1) is 17.2 Å². The SMILES string of the molecule is CCOc1ccccc1N(CC(=O)N(Cc1cccc(C)c1)[C@@H](C)C(=O)NCC(C)C)S(=O)(=O)c1ccc(Cl)cc1. The quantitative estimate of drug-likeness (QED) is 0.283. The number of para-hydroxylation sites is 2. The molecule has 0 spiro atoms. The van der Waals surface area contributed by atoms with E-state index in [-0.39, 0.29) is 29.0 Å². The molecule has 1 atom stereocenters. The Morgan fingerprint density at radius 1 is 0.976 bits per heavy atom. The molecule has 3 aromatic rings. The van der Waals surface area contributed by atoms with Gasteiger partial charge in [0.1, 0.15) is 18.3 Å². The summed E-state index contributed by atoms with van der Waals surface area (Å²) >= 11 is 6.02. The molecule has 0 radical (unpaired) electrons. The van der Waals surface area contributed by atoms with Crippen molar-refractivity contribution in [3.8, 4) is 5.75 Å². The molecule has 0 bridgehead atoms. The van der Waals surface area contributed by atoms with Gasteiger partial charge < -0.3 is 15.0 Å². The zero-order chi connectivity index (χ0) is 30.2. The summed E-state index contributed by atoms with van der Waals surface area (Å²) in [7, 11) is -4.24. The minimum atomic E-state index is -4.24. The topological polar surface area (TPSA) is 96.0 Å². The van der Waals surface area contributed by atoms with Gasteiger partial charge in [-0.25, -0.2) is 8.42 Å². The van der Waals surface area contributed by atoms with E-state index in [0.717, 1.165) is 15.4 Å². The van der Waals surface area contributed by atoms with Gasteiger partial charge in [0.15, 0.2) is 0 Å². The van der Waals surface area contributed by atoms with Gasteiger partial charge in [-0.05, 0) is 68.7 Å². The van der Waals surface area contributed by atoms with Crippen LogP contribution in [0.25, 0.3) is 0 Å². The van der Waals surface area contributed by atoms with Crippen LogP contribution in [0.1, 0.15) is 38.8 Å². The van der Waals surface area contributed by atoms with Crippen LogP contribution in [0, 0.1) is 12.8 Å². The molecule has 0 aliphatic carbocycles. The van der Waals surface area contributed by atoms with Gasteiger partial charge in [-0.3, -0.25) is 13.9 Å². The minimum Gasteiger partial charge on any atom is -0.492 e. The Hall–Kier alpha value is -3.56. The van der Waals surface area contributed by atoms with Gasteiger partial charge in [0, 0.05) is 18.1 Å². The van der Waals surface area contributed by atoms with Crippen molar-refractivity contribution in [3.63, 3.8) is 0 Å².